The number of carbonyl (C=O) groups excluding carboxylic acids is 4. The SMILES string of the molecule is CN1CC2=C(CN=C2N)C1(C)C.CN1Cc2c(N)nn(C)c2C1(C)C.COC(=O)C(C)(C)N.COC(=O)C(C)(C)N(C)CCC#N.COC(=O)C(C)(C)NCCC#N.[C-]#[N+]C1CN(C)C(C)(C)C1=O. The lowest BCUT2D eigenvalue weighted by Gasteiger charge is -2.31. The van der Waals surface area contributed by atoms with Crippen LogP contribution in [0.2, 0.25) is 0 Å². The Morgan fingerprint density at radius 1 is 0.841 bits per heavy atom. The minimum absolute atomic E-state index is 0.0503. The Morgan fingerprint density at radius 2 is 1.35 bits per heavy atom. The Hall–Kier alpha value is -5.47. The number of nitriles is 2. The maximum Gasteiger partial charge on any atom is 0.325 e. The number of nitrogens with one attached hydrogen (secondary N) is 1. The van der Waals surface area contributed by atoms with Gasteiger partial charge in [-0.15, -0.1) is 0 Å². The average Bonchev–Trinajstić information content (AvgIpc) is 3.98. The first kappa shape index (κ1) is 63.5. The lowest BCUT2D eigenvalue weighted by atomic mass is 9.94. The molecule has 388 valence electrons. The van der Waals surface area contributed by atoms with Gasteiger partial charge in [0.05, 0.1) is 63.3 Å². The van der Waals surface area contributed by atoms with E-state index < -0.39 is 34.2 Å². The number of likely N-dealkylation sites (tertiary alicyclic amines) is 1. The van der Waals surface area contributed by atoms with E-state index in [4.69, 9.17) is 34.3 Å². The third-order valence-corrected chi connectivity index (χ3v) is 13.1. The second kappa shape index (κ2) is 25.9. The van der Waals surface area contributed by atoms with E-state index in [2.05, 4.69) is 86.1 Å². The molecule has 5 heterocycles. The van der Waals surface area contributed by atoms with Gasteiger partial charge in [0, 0.05) is 62.7 Å². The van der Waals surface area contributed by atoms with Crippen molar-refractivity contribution in [2.75, 3.05) is 88.0 Å². The van der Waals surface area contributed by atoms with Gasteiger partial charge in [0.25, 0.3) is 6.04 Å². The van der Waals surface area contributed by atoms with Gasteiger partial charge in [0.2, 0.25) is 5.78 Å². The van der Waals surface area contributed by atoms with Gasteiger partial charge in [-0.3, -0.25) is 48.5 Å². The highest BCUT2D eigenvalue weighted by Gasteiger charge is 2.49. The van der Waals surface area contributed by atoms with E-state index in [0.717, 1.165) is 25.5 Å². The summed E-state index contributed by atoms with van der Waals surface area (Å²) in [6.07, 6.45) is 0.803. The highest BCUT2D eigenvalue weighted by molar-refractivity contribution is 6.01. The van der Waals surface area contributed by atoms with E-state index in [1.165, 1.54) is 43.7 Å². The molecule has 1 aromatic rings. The third kappa shape index (κ3) is 16.6. The van der Waals surface area contributed by atoms with Crippen LogP contribution in [0.25, 0.3) is 4.85 Å². The highest BCUT2D eigenvalue weighted by Crippen LogP contribution is 2.39. The first-order valence-electron chi connectivity index (χ1n) is 22.6. The number of nitrogen functional groups attached to an aromatic ring is 1. The lowest BCUT2D eigenvalue weighted by Crippen LogP contribution is -2.48. The number of amidine groups is 1. The Morgan fingerprint density at radius 3 is 1.72 bits per heavy atom. The number of hydrogen-bond acceptors (Lipinski definition) is 19. The number of aliphatic imine (C=N–C) groups is 1. The number of hydrogen-bond donors (Lipinski definition) is 4. The van der Waals surface area contributed by atoms with Crippen molar-refractivity contribution in [3.8, 4) is 12.1 Å². The van der Waals surface area contributed by atoms with E-state index in [0.29, 0.717) is 38.3 Å². The Balaban J connectivity index is 0.000000809. The number of nitrogens with zero attached hydrogens (tertiary/aromatic N) is 10. The van der Waals surface area contributed by atoms with E-state index in [1.54, 1.807) is 48.6 Å². The van der Waals surface area contributed by atoms with Crippen molar-refractivity contribution in [2.24, 2.45) is 23.5 Å². The molecule has 0 spiro atoms. The van der Waals surface area contributed by atoms with Gasteiger partial charge in [-0.2, -0.15) is 15.6 Å². The van der Waals surface area contributed by atoms with E-state index in [1.807, 2.05) is 54.6 Å². The topological polar surface area (TPSA) is 281 Å². The summed E-state index contributed by atoms with van der Waals surface area (Å²) in [5.74, 6) is 0.484. The molecule has 0 saturated carbocycles. The fraction of sp³-hybridized carbons (Fsp3) is 0.729. The normalized spacial score (nSPS) is 18.7. The van der Waals surface area contributed by atoms with Crippen molar-refractivity contribution in [1.82, 2.24) is 34.7 Å². The van der Waals surface area contributed by atoms with Crippen molar-refractivity contribution in [3.05, 3.63) is 33.8 Å². The van der Waals surface area contributed by atoms with Crippen molar-refractivity contribution in [3.63, 3.8) is 0 Å². The number of carbonyl (C=O) groups is 4. The van der Waals surface area contributed by atoms with Crippen LogP contribution in [0.1, 0.15) is 107 Å². The fourth-order valence-corrected chi connectivity index (χ4v) is 7.23. The molecule has 0 aromatic carbocycles. The summed E-state index contributed by atoms with van der Waals surface area (Å²) in [5.41, 5.74) is 19.6. The molecule has 7 N–H and O–H groups in total. The van der Waals surface area contributed by atoms with Crippen LogP contribution in [0.5, 0.6) is 0 Å². The average molecular weight is 969 g/mol. The zero-order valence-corrected chi connectivity index (χ0v) is 45.3. The molecule has 4 aliphatic heterocycles. The van der Waals surface area contributed by atoms with Gasteiger partial charge in [-0.25, -0.2) is 6.57 Å². The van der Waals surface area contributed by atoms with Crippen molar-refractivity contribution in [2.45, 2.75) is 142 Å². The molecule has 1 aromatic heterocycles. The Labute approximate surface area is 412 Å². The van der Waals surface area contributed by atoms with Crippen LogP contribution < -0.4 is 22.5 Å². The Kier molecular flexibility index (Phi) is 23.9. The molecule has 0 aliphatic carbocycles. The van der Waals surface area contributed by atoms with Crippen LogP contribution in [-0.2, 0) is 52.5 Å². The number of rotatable bonds is 9. The van der Waals surface area contributed by atoms with Crippen LogP contribution >= 0.6 is 0 Å². The van der Waals surface area contributed by atoms with Gasteiger partial charge >= 0.3 is 17.9 Å². The number of Topliss-reactive ketones (excluding diaryl/α,β-unsaturated/α-hetero) is 1. The molecule has 1 unspecified atom stereocenters. The lowest BCUT2D eigenvalue weighted by molar-refractivity contribution is -0.152. The van der Waals surface area contributed by atoms with Crippen molar-refractivity contribution in [1.29, 1.82) is 10.5 Å². The molecule has 69 heavy (non-hydrogen) atoms. The van der Waals surface area contributed by atoms with Crippen LogP contribution in [0, 0.1) is 29.2 Å². The summed E-state index contributed by atoms with van der Waals surface area (Å²) in [4.78, 5) is 60.1. The zero-order valence-electron chi connectivity index (χ0n) is 45.3. The van der Waals surface area contributed by atoms with Gasteiger partial charge < -0.3 is 41.6 Å². The summed E-state index contributed by atoms with van der Waals surface area (Å²) in [6.45, 7) is 33.8. The van der Waals surface area contributed by atoms with Crippen LogP contribution in [0.4, 0.5) is 5.82 Å². The smallest absolute Gasteiger partial charge is 0.325 e. The number of ether oxygens (including phenoxy) is 3. The predicted molar refractivity (Wildman–Crippen MR) is 268 cm³/mol. The van der Waals surface area contributed by atoms with Crippen molar-refractivity contribution >= 4 is 35.3 Å². The molecular formula is C48H84N14O7. The maximum atomic E-state index is 11.4. The summed E-state index contributed by atoms with van der Waals surface area (Å²) >= 11 is 0. The molecular weight excluding hydrogens is 885 g/mol. The monoisotopic (exact) mass is 969 g/mol. The van der Waals surface area contributed by atoms with Crippen molar-refractivity contribution < 1.29 is 33.4 Å². The summed E-state index contributed by atoms with van der Waals surface area (Å²) in [5, 5.41) is 23.8. The largest absolute Gasteiger partial charge is 0.468 e. The predicted octanol–water partition coefficient (Wildman–Crippen LogP) is 2.75. The summed E-state index contributed by atoms with van der Waals surface area (Å²) in [6, 6.07) is 3.58. The second-order valence-corrected chi connectivity index (χ2v) is 20.3. The van der Waals surface area contributed by atoms with Gasteiger partial charge in [0.1, 0.15) is 28.3 Å². The summed E-state index contributed by atoms with van der Waals surface area (Å²) in [7, 11) is 13.9. The molecule has 4 aliphatic rings. The number of anilines is 1. The molecule has 21 nitrogen and oxygen atoms in total. The van der Waals surface area contributed by atoms with E-state index in [9.17, 15) is 19.2 Å². The van der Waals surface area contributed by atoms with Gasteiger partial charge in [-0.1, -0.05) is 0 Å². The molecule has 1 fully saturated rings. The number of aryl methyl sites for hydroxylation is 1. The first-order valence-corrected chi connectivity index (χ1v) is 22.6. The number of likely N-dealkylation sites (N-methyl/N-ethyl adjacent to an activating group) is 3. The van der Waals surface area contributed by atoms with Gasteiger partial charge in [0.15, 0.2) is 0 Å². The number of fused-ring (bicyclic) bond motifs is 1. The number of nitrogens with two attached hydrogens (primary N) is 3. The number of aromatic nitrogens is 2. The molecule has 21 heteroatoms. The maximum absolute atomic E-state index is 11.4. The first-order chi connectivity index (χ1) is 31.5. The molecule has 0 amide bonds. The molecule has 1 atom stereocenters. The third-order valence-electron chi connectivity index (χ3n) is 13.1. The number of methoxy groups -OCH3 is 3. The van der Waals surface area contributed by atoms with Crippen LogP contribution in [-0.4, -0.2) is 175 Å². The Bertz CT molecular complexity index is 2130. The number of ketones is 1. The summed E-state index contributed by atoms with van der Waals surface area (Å²) < 4.78 is 15.5. The van der Waals surface area contributed by atoms with Gasteiger partial charge in [-0.05, 0) is 117 Å². The highest BCUT2D eigenvalue weighted by atomic mass is 16.5. The minimum Gasteiger partial charge on any atom is -0.468 e. The molecule has 5 rings (SSSR count). The fourth-order valence-electron chi connectivity index (χ4n) is 7.23. The zero-order chi connectivity index (χ0) is 54.3. The standard InChI is InChI=1S/C9H16N4.C9H15N3.C9H16N2O2.C8H14N2O2.C8H12N2O.C5H11NO2/c1-9(2)7-6(5-12(9)3)8(10)11-13(7)4;1-9(2)7-4-11-8(10)6(7)5-12(9)3;1-9(2,8(12)13-4)11(3)7-5-6-10;1-8(2,7(11)12-3)10-6-4-5-9;1-8(2)7(11)6(9-3)5-10(8)4;1-5(2,6)4(7)8-3/h5H2,1-4H3,(H2,10,11);4-5H2,1-3H3,(H2,10,11);5,7H2,1-4H3;10H,4,6H2,1-3H3;6H,5H2,1-2,4H3;6H2,1-3H3. The molecule has 0 radical (unpaired) electrons. The minimum atomic E-state index is -0.852. The van der Waals surface area contributed by atoms with E-state index >= 15 is 0 Å². The second-order valence-electron chi connectivity index (χ2n) is 20.3. The van der Waals surface area contributed by atoms with Crippen LogP contribution in [0.3, 0.4) is 0 Å². The quantitative estimate of drug-likeness (QED) is 0.120. The molecule has 0 bridgehead atoms. The van der Waals surface area contributed by atoms with Crippen LogP contribution in [0.15, 0.2) is 16.1 Å². The van der Waals surface area contributed by atoms with E-state index in [-0.39, 0.29) is 28.8 Å². The molecule has 1 saturated heterocycles. The number of esters is 3.